The van der Waals surface area contributed by atoms with Crippen molar-refractivity contribution in [3.05, 3.63) is 29.0 Å². The van der Waals surface area contributed by atoms with Gasteiger partial charge in [-0.1, -0.05) is 11.6 Å². The first-order valence-electron chi connectivity index (χ1n) is 2.60. The predicted molar refractivity (Wildman–Crippen MR) is 33.1 cm³/mol. The molecule has 1 heterocycles. The van der Waals surface area contributed by atoms with Gasteiger partial charge in [0.1, 0.15) is 6.20 Å². The lowest BCUT2D eigenvalue weighted by Crippen LogP contribution is -2.05. The fourth-order valence-electron chi connectivity index (χ4n) is 0.516. The van der Waals surface area contributed by atoms with Crippen molar-refractivity contribution in [2.45, 2.75) is 6.18 Å². The molecule has 0 fully saturated rings. The summed E-state index contributed by atoms with van der Waals surface area (Å²) < 4.78 is 35.5. The molecular weight excluding hydrogens is 179 g/mol. The van der Waals surface area contributed by atoms with Crippen LogP contribution in [0.4, 0.5) is 13.2 Å². The summed E-state index contributed by atoms with van der Waals surface area (Å²) in [5, 5.41) is -0.0453. The molecule has 0 N–H and O–H groups in total. The Balaban J connectivity index is 3.06. The van der Waals surface area contributed by atoms with E-state index in [9.17, 15) is 13.2 Å². The number of halogens is 4. The normalized spacial score (nSPS) is 11.6. The van der Waals surface area contributed by atoms with E-state index >= 15 is 0 Å². The molecule has 0 unspecified atom stereocenters. The van der Waals surface area contributed by atoms with Crippen molar-refractivity contribution in [1.29, 1.82) is 0 Å². The summed E-state index contributed by atoms with van der Waals surface area (Å²) >= 11 is 5.27. The van der Waals surface area contributed by atoms with Crippen molar-refractivity contribution < 1.29 is 13.2 Å². The number of alkyl halides is 3. The van der Waals surface area contributed by atoms with Crippen molar-refractivity contribution in [1.82, 2.24) is 4.98 Å². The van der Waals surface area contributed by atoms with Gasteiger partial charge in [0.25, 0.3) is 0 Å². The first-order valence-corrected chi connectivity index (χ1v) is 2.98. The van der Waals surface area contributed by atoms with Gasteiger partial charge in [-0.15, -0.1) is 0 Å². The van der Waals surface area contributed by atoms with Crippen molar-refractivity contribution in [3.8, 4) is 0 Å². The average molecular weight is 181 g/mol. The molecule has 59 valence electrons. The summed E-state index contributed by atoms with van der Waals surface area (Å²) in [5.74, 6) is 0. The largest absolute Gasteiger partial charge is 0.418 e. The van der Waals surface area contributed by atoms with Crippen LogP contribution in [0.25, 0.3) is 0 Å². The third kappa shape index (κ3) is 2.08. The van der Waals surface area contributed by atoms with E-state index in [1.54, 1.807) is 6.20 Å². The van der Waals surface area contributed by atoms with Gasteiger partial charge in [-0.25, -0.2) is 0 Å². The zero-order chi connectivity index (χ0) is 8.48. The molecule has 1 aromatic rings. The number of hydrogen-bond acceptors (Lipinski definition) is 1. The highest BCUT2D eigenvalue weighted by Crippen LogP contribution is 2.29. The summed E-state index contributed by atoms with van der Waals surface area (Å²) in [6, 6.07) is 0.772. The molecule has 0 aliphatic carbocycles. The Labute approximate surface area is 65.8 Å². The second-order valence-electron chi connectivity index (χ2n) is 1.81. The van der Waals surface area contributed by atoms with Crippen LogP contribution in [0.1, 0.15) is 5.56 Å². The quantitative estimate of drug-likeness (QED) is 0.598. The molecule has 1 rings (SSSR count). The van der Waals surface area contributed by atoms with Gasteiger partial charge in [0.15, 0.2) is 0 Å². The van der Waals surface area contributed by atoms with Gasteiger partial charge in [0.2, 0.25) is 0 Å². The smallest absolute Gasteiger partial charge is 0.252 e. The summed E-state index contributed by atoms with van der Waals surface area (Å²) in [6.45, 7) is 0. The highest BCUT2D eigenvalue weighted by atomic mass is 35.5. The minimum atomic E-state index is -4.42. The molecule has 0 saturated heterocycles. The van der Waals surface area contributed by atoms with E-state index in [-0.39, 0.29) is 5.02 Å². The maximum absolute atomic E-state index is 11.8. The van der Waals surface area contributed by atoms with E-state index in [1.165, 1.54) is 0 Å². The first kappa shape index (κ1) is 8.33. The zero-order valence-corrected chi connectivity index (χ0v) is 5.87. The monoisotopic (exact) mass is 180 g/mol. The van der Waals surface area contributed by atoms with Crippen LogP contribution in [0.3, 0.4) is 0 Å². The summed E-state index contributed by atoms with van der Waals surface area (Å²) in [5.41, 5.74) is -0.954. The zero-order valence-electron chi connectivity index (χ0n) is 5.11. The molecule has 1 nitrogen and oxygen atoms in total. The van der Waals surface area contributed by atoms with Crippen molar-refractivity contribution >= 4 is 11.6 Å². The van der Waals surface area contributed by atoms with E-state index in [0.717, 1.165) is 12.3 Å². The Hall–Kier alpha value is -0.770. The maximum atomic E-state index is 11.8. The number of nitrogens with zero attached hydrogens (tertiary/aromatic N) is 1. The molecule has 0 atom stereocenters. The van der Waals surface area contributed by atoms with Crippen LogP contribution in [0, 0.1) is 6.20 Å². The maximum Gasteiger partial charge on any atom is 0.418 e. The van der Waals surface area contributed by atoms with Crippen LogP contribution < -0.4 is 0 Å². The van der Waals surface area contributed by atoms with E-state index < -0.39 is 11.7 Å². The van der Waals surface area contributed by atoms with Crippen LogP contribution in [0.5, 0.6) is 0 Å². The van der Waals surface area contributed by atoms with Gasteiger partial charge < -0.3 is 0 Å². The fraction of sp³-hybridized carbons (Fsp3) is 0.167. The average Bonchev–Trinajstić information content (AvgIpc) is 1.86. The molecule has 0 spiro atoms. The molecule has 1 radical (unpaired) electrons. The summed E-state index contributed by atoms with van der Waals surface area (Å²) in [7, 11) is 0. The van der Waals surface area contributed by atoms with Crippen LogP contribution >= 0.6 is 11.6 Å². The van der Waals surface area contributed by atoms with Crippen molar-refractivity contribution in [2.24, 2.45) is 0 Å². The van der Waals surface area contributed by atoms with Crippen LogP contribution in [-0.4, -0.2) is 4.98 Å². The highest BCUT2D eigenvalue weighted by molar-refractivity contribution is 6.30. The third-order valence-electron chi connectivity index (χ3n) is 0.961. The SMILES string of the molecule is FC(F)(F)c1[c]ncc(Cl)c1. The van der Waals surface area contributed by atoms with Crippen molar-refractivity contribution in [2.75, 3.05) is 0 Å². The molecule has 11 heavy (non-hydrogen) atoms. The van der Waals surface area contributed by atoms with Gasteiger partial charge in [-0.3, -0.25) is 4.98 Å². The van der Waals surface area contributed by atoms with E-state index in [4.69, 9.17) is 11.6 Å². The first-order chi connectivity index (χ1) is 5.00. The van der Waals surface area contributed by atoms with Gasteiger partial charge in [0, 0.05) is 6.20 Å². The molecular formula is C6H2ClF3N. The molecule has 0 bridgehead atoms. The standard InChI is InChI=1S/C6H2ClF3N/c7-5-1-4(2-11-3-5)6(8,9)10/h1,3H. The number of pyridine rings is 1. The second kappa shape index (κ2) is 2.70. The molecule has 5 heteroatoms. The lowest BCUT2D eigenvalue weighted by molar-refractivity contribution is -0.138. The van der Waals surface area contributed by atoms with Crippen LogP contribution in [0.2, 0.25) is 5.02 Å². The number of aromatic nitrogens is 1. The molecule has 0 aromatic carbocycles. The van der Waals surface area contributed by atoms with Crippen LogP contribution in [-0.2, 0) is 6.18 Å². The molecule has 0 amide bonds. The van der Waals surface area contributed by atoms with Crippen molar-refractivity contribution in [3.63, 3.8) is 0 Å². The predicted octanol–water partition coefficient (Wildman–Crippen LogP) is 2.55. The summed E-state index contributed by atoms with van der Waals surface area (Å²) in [6.07, 6.45) is -1.53. The van der Waals surface area contributed by atoms with Gasteiger partial charge >= 0.3 is 6.18 Å². The third-order valence-corrected chi connectivity index (χ3v) is 1.17. The Morgan fingerprint density at radius 2 is 2.09 bits per heavy atom. The lowest BCUT2D eigenvalue weighted by Gasteiger charge is -2.03. The van der Waals surface area contributed by atoms with Gasteiger partial charge in [0.05, 0.1) is 10.6 Å². The minimum Gasteiger partial charge on any atom is -0.252 e. The number of rotatable bonds is 0. The number of hydrogen-bond donors (Lipinski definition) is 0. The van der Waals surface area contributed by atoms with E-state index in [2.05, 4.69) is 4.98 Å². The minimum absolute atomic E-state index is 0.0453. The Morgan fingerprint density at radius 3 is 2.45 bits per heavy atom. The molecule has 0 aliphatic heterocycles. The van der Waals surface area contributed by atoms with Crippen LogP contribution in [0.15, 0.2) is 12.3 Å². The lowest BCUT2D eigenvalue weighted by atomic mass is 10.3. The Kier molecular flexibility index (Phi) is 2.04. The second-order valence-corrected chi connectivity index (χ2v) is 2.25. The summed E-state index contributed by atoms with van der Waals surface area (Å²) in [4.78, 5) is 3.17. The van der Waals surface area contributed by atoms with Gasteiger partial charge in [-0.05, 0) is 6.07 Å². The molecule has 0 aliphatic rings. The van der Waals surface area contributed by atoms with Gasteiger partial charge in [-0.2, -0.15) is 13.2 Å². The fourth-order valence-corrected chi connectivity index (χ4v) is 0.674. The Morgan fingerprint density at radius 1 is 1.45 bits per heavy atom. The Bertz CT molecular complexity index is 258. The van der Waals surface area contributed by atoms with E-state index in [1.807, 2.05) is 0 Å². The molecule has 1 aromatic heterocycles. The van der Waals surface area contributed by atoms with E-state index in [0.29, 0.717) is 0 Å². The molecule has 0 saturated carbocycles. The highest BCUT2D eigenvalue weighted by Gasteiger charge is 2.31. The topological polar surface area (TPSA) is 12.9 Å².